The monoisotopic (exact) mass is 449 g/mol. The van der Waals surface area contributed by atoms with Crippen LogP contribution in [0.25, 0.3) is 0 Å². The molecular weight excluding hydrogens is 418 g/mol. The minimum atomic E-state index is -0.265. The molecule has 3 heterocycles. The highest BCUT2D eigenvalue weighted by atomic mass is 16.2. The molecule has 1 aromatic carbocycles. The Balaban J connectivity index is 1.61. The van der Waals surface area contributed by atoms with Gasteiger partial charge in [-0.2, -0.15) is 0 Å². The van der Waals surface area contributed by atoms with Crippen LogP contribution in [-0.4, -0.2) is 59.8 Å². The Morgan fingerprint density at radius 1 is 1.12 bits per heavy atom. The van der Waals surface area contributed by atoms with Gasteiger partial charge in [0.05, 0.1) is 23.6 Å². The maximum absolute atomic E-state index is 13.5. The number of aromatic nitrogens is 1. The van der Waals surface area contributed by atoms with Crippen molar-refractivity contribution in [2.45, 2.75) is 45.7 Å². The number of carbonyl (C=O) groups excluding carboxylic acids is 3. The Morgan fingerprint density at radius 2 is 1.94 bits per heavy atom. The normalized spacial score (nSPS) is 17.3. The summed E-state index contributed by atoms with van der Waals surface area (Å²) in [6, 6.07) is 10.8. The van der Waals surface area contributed by atoms with E-state index in [9.17, 15) is 14.4 Å². The molecule has 8 heteroatoms. The lowest BCUT2D eigenvalue weighted by atomic mass is 9.95. The molecule has 1 saturated heterocycles. The van der Waals surface area contributed by atoms with E-state index in [-0.39, 0.29) is 30.3 Å². The highest BCUT2D eigenvalue weighted by molar-refractivity contribution is 6.09. The Morgan fingerprint density at radius 3 is 2.67 bits per heavy atom. The first-order valence-electron chi connectivity index (χ1n) is 11.7. The predicted molar refractivity (Wildman–Crippen MR) is 127 cm³/mol. The van der Waals surface area contributed by atoms with Crippen molar-refractivity contribution in [3.05, 3.63) is 53.9 Å². The number of anilines is 2. The summed E-state index contributed by atoms with van der Waals surface area (Å²) >= 11 is 0. The predicted octanol–water partition coefficient (Wildman–Crippen LogP) is 2.59. The molecule has 0 saturated carbocycles. The van der Waals surface area contributed by atoms with Crippen LogP contribution in [0.1, 0.15) is 49.2 Å². The molecule has 8 nitrogen and oxygen atoms in total. The zero-order valence-corrected chi connectivity index (χ0v) is 19.3. The molecule has 0 unspecified atom stereocenters. The third kappa shape index (κ3) is 4.69. The molecule has 1 atom stereocenters. The quantitative estimate of drug-likeness (QED) is 0.702. The first-order chi connectivity index (χ1) is 16.0. The van der Waals surface area contributed by atoms with E-state index in [1.54, 1.807) is 22.1 Å². The fraction of sp³-hybridized carbons (Fsp3) is 0.440. The van der Waals surface area contributed by atoms with Crippen LogP contribution in [0.5, 0.6) is 0 Å². The summed E-state index contributed by atoms with van der Waals surface area (Å²) in [6.07, 6.45) is 4.46. The summed E-state index contributed by atoms with van der Waals surface area (Å²) < 4.78 is 0. The van der Waals surface area contributed by atoms with Crippen molar-refractivity contribution in [1.82, 2.24) is 15.2 Å². The van der Waals surface area contributed by atoms with Crippen molar-refractivity contribution in [2.75, 3.05) is 36.0 Å². The van der Waals surface area contributed by atoms with E-state index in [0.29, 0.717) is 30.9 Å². The van der Waals surface area contributed by atoms with Crippen LogP contribution in [0.3, 0.4) is 0 Å². The molecule has 1 aromatic heterocycles. The molecule has 33 heavy (non-hydrogen) atoms. The number of benzene rings is 1. The number of pyridine rings is 1. The van der Waals surface area contributed by atoms with Gasteiger partial charge >= 0.3 is 0 Å². The molecule has 174 valence electrons. The van der Waals surface area contributed by atoms with Gasteiger partial charge in [-0.25, -0.2) is 0 Å². The lowest BCUT2D eigenvalue weighted by Crippen LogP contribution is -2.57. The summed E-state index contributed by atoms with van der Waals surface area (Å²) in [5.41, 5.74) is 2.82. The van der Waals surface area contributed by atoms with E-state index < -0.39 is 0 Å². The zero-order valence-electron chi connectivity index (χ0n) is 19.3. The van der Waals surface area contributed by atoms with Crippen molar-refractivity contribution < 1.29 is 14.4 Å². The van der Waals surface area contributed by atoms with Gasteiger partial charge in [-0.05, 0) is 63.4 Å². The van der Waals surface area contributed by atoms with E-state index in [4.69, 9.17) is 0 Å². The number of piperidine rings is 1. The van der Waals surface area contributed by atoms with E-state index in [1.165, 1.54) is 0 Å². The molecule has 3 amide bonds. The molecule has 1 N–H and O–H groups in total. The smallest absolute Gasteiger partial charge is 0.253 e. The van der Waals surface area contributed by atoms with Crippen molar-refractivity contribution in [1.29, 1.82) is 0 Å². The van der Waals surface area contributed by atoms with E-state index in [1.807, 2.05) is 44.2 Å². The van der Waals surface area contributed by atoms with Gasteiger partial charge in [0, 0.05) is 31.4 Å². The van der Waals surface area contributed by atoms with E-state index in [0.717, 1.165) is 37.2 Å². The summed E-state index contributed by atoms with van der Waals surface area (Å²) in [4.78, 5) is 48.9. The summed E-state index contributed by atoms with van der Waals surface area (Å²) in [5, 5.41) is 2.86. The van der Waals surface area contributed by atoms with Gasteiger partial charge < -0.3 is 15.1 Å². The second-order valence-corrected chi connectivity index (χ2v) is 8.41. The second kappa shape index (κ2) is 10.0. The van der Waals surface area contributed by atoms with Crippen molar-refractivity contribution in [3.63, 3.8) is 0 Å². The second-order valence-electron chi connectivity index (χ2n) is 8.41. The maximum atomic E-state index is 13.5. The minimum Gasteiger partial charge on any atom is -0.358 e. The first-order valence-corrected chi connectivity index (χ1v) is 11.7. The van der Waals surface area contributed by atoms with Gasteiger partial charge in [0.15, 0.2) is 0 Å². The van der Waals surface area contributed by atoms with Crippen molar-refractivity contribution >= 4 is 29.1 Å². The standard InChI is InChI=1S/C25H31N5O3/c1-3-28(4-2)24(32)18-11-12-20-22(15-18)30(25(33)21-10-6-8-14-29(20)21)17-23(31)27-16-19-9-5-7-13-26-19/h5,7,9,11-13,15,21H,3-4,6,8,10,14,16-17H2,1-2H3,(H,27,31)/t21-/m0/s1. The fourth-order valence-electron chi connectivity index (χ4n) is 4.64. The van der Waals surface area contributed by atoms with Crippen LogP contribution in [0.15, 0.2) is 42.6 Å². The Kier molecular flexibility index (Phi) is 6.91. The zero-order chi connectivity index (χ0) is 23.4. The lowest BCUT2D eigenvalue weighted by molar-refractivity contribution is -0.125. The van der Waals surface area contributed by atoms with Gasteiger partial charge in [0.25, 0.3) is 5.91 Å². The molecule has 0 aliphatic carbocycles. The molecule has 0 spiro atoms. The van der Waals surface area contributed by atoms with Gasteiger partial charge in [0.1, 0.15) is 12.6 Å². The largest absolute Gasteiger partial charge is 0.358 e. The lowest BCUT2D eigenvalue weighted by Gasteiger charge is -2.45. The number of rotatable bonds is 7. The number of nitrogens with zero attached hydrogens (tertiary/aromatic N) is 4. The highest BCUT2D eigenvalue weighted by Gasteiger charge is 2.40. The summed E-state index contributed by atoms with van der Waals surface area (Å²) in [6.45, 7) is 6.11. The Bertz CT molecular complexity index is 1020. The van der Waals surface area contributed by atoms with Crippen molar-refractivity contribution in [2.24, 2.45) is 0 Å². The molecule has 2 aliphatic rings. The number of amides is 3. The molecule has 4 rings (SSSR count). The minimum absolute atomic E-state index is 0.0735. The van der Waals surface area contributed by atoms with Gasteiger partial charge in [-0.3, -0.25) is 24.3 Å². The summed E-state index contributed by atoms with van der Waals surface area (Å²) in [7, 11) is 0. The highest BCUT2D eigenvalue weighted by Crippen LogP contribution is 2.40. The number of hydrogen-bond donors (Lipinski definition) is 1. The molecule has 0 bridgehead atoms. The first kappa shape index (κ1) is 22.8. The van der Waals surface area contributed by atoms with E-state index >= 15 is 0 Å². The number of hydrogen-bond acceptors (Lipinski definition) is 5. The fourth-order valence-corrected chi connectivity index (χ4v) is 4.64. The van der Waals surface area contributed by atoms with Crippen LogP contribution in [0.4, 0.5) is 11.4 Å². The third-order valence-electron chi connectivity index (χ3n) is 6.42. The Hall–Kier alpha value is -3.42. The van der Waals surface area contributed by atoms with E-state index in [2.05, 4.69) is 15.2 Å². The number of nitrogens with one attached hydrogen (secondary N) is 1. The molecule has 2 aliphatic heterocycles. The van der Waals surface area contributed by atoms with Gasteiger partial charge in [-0.15, -0.1) is 0 Å². The molecule has 2 aromatic rings. The van der Waals surface area contributed by atoms with Crippen LogP contribution < -0.4 is 15.1 Å². The van der Waals surface area contributed by atoms with Crippen LogP contribution in [-0.2, 0) is 16.1 Å². The molecular formula is C25H31N5O3. The van der Waals surface area contributed by atoms with Crippen LogP contribution >= 0.6 is 0 Å². The number of carbonyl (C=O) groups is 3. The van der Waals surface area contributed by atoms with Crippen LogP contribution in [0.2, 0.25) is 0 Å². The van der Waals surface area contributed by atoms with Crippen LogP contribution in [0, 0.1) is 0 Å². The average molecular weight is 450 g/mol. The molecule has 0 radical (unpaired) electrons. The Labute approximate surface area is 194 Å². The summed E-state index contributed by atoms with van der Waals surface area (Å²) in [5.74, 6) is -0.414. The van der Waals surface area contributed by atoms with Gasteiger partial charge in [-0.1, -0.05) is 6.07 Å². The maximum Gasteiger partial charge on any atom is 0.253 e. The SMILES string of the molecule is CCN(CC)C(=O)c1ccc2c(c1)N(CC(=O)NCc1ccccn1)C(=O)[C@@H]1CCCCN21. The average Bonchev–Trinajstić information content (AvgIpc) is 2.86. The topological polar surface area (TPSA) is 85.9 Å². The van der Waals surface area contributed by atoms with Crippen molar-refractivity contribution in [3.8, 4) is 0 Å². The molecule has 1 fully saturated rings. The number of fused-ring (bicyclic) bond motifs is 3. The third-order valence-corrected chi connectivity index (χ3v) is 6.42. The van der Waals surface area contributed by atoms with Gasteiger partial charge in [0.2, 0.25) is 11.8 Å².